The summed E-state index contributed by atoms with van der Waals surface area (Å²) in [5.41, 5.74) is 0. The van der Waals surface area contributed by atoms with Gasteiger partial charge in [-0.3, -0.25) is 33.3 Å². The van der Waals surface area contributed by atoms with Gasteiger partial charge in [-0.1, -0.05) is 388 Å². The molecule has 1 saturated heterocycles. The van der Waals surface area contributed by atoms with Crippen molar-refractivity contribution in [1.29, 1.82) is 0 Å². The van der Waals surface area contributed by atoms with E-state index < -0.39 is 93.6 Å². The molecule has 0 saturated carbocycles. The lowest BCUT2D eigenvalue weighted by Gasteiger charge is -2.45. The standard InChI is InChI=1S/C94H179N2O17P/c1-7-13-19-25-31-37-40-46-52-58-64-72-87(100)108-81(69-61-55-49-43-34-28-22-16-10-4)77-85(98)95-75-67-68-76-107-94-91(96-86(99)78-82(70-62-56-50-44-35-29-23-17-11-5)109-88(101)73-65-59-53-47-41-38-32-26-20-14-8-2)93(92(84(80-97)111-94)113-114(104,105)106)112-90(103)79-83(71-63-57-51-45-36-30-24-18-12-6)110-89(102)74-66-60-54-48-42-39-33-27-21-15-9-3/h81-84,91-94,97H,7-80H2,1-6H3,(H,95,98)(H,96,99)(H2,104,105,106)/t81-,82-,83-,84?,91+,92+,93?,94-/m1/s1. The molecule has 1 rings (SSSR count). The Morgan fingerprint density at radius 2 is 0.623 bits per heavy atom. The van der Waals surface area contributed by atoms with Crippen LogP contribution in [0.2, 0.25) is 0 Å². The zero-order chi connectivity index (χ0) is 83.3. The molecule has 19 nitrogen and oxygen atoms in total. The molecule has 0 aromatic heterocycles. The molecule has 0 aromatic rings. The number of nitrogens with one attached hydrogen (secondary N) is 2. The van der Waals surface area contributed by atoms with Crippen molar-refractivity contribution in [1.82, 2.24) is 10.6 Å². The van der Waals surface area contributed by atoms with Crippen LogP contribution in [0.25, 0.3) is 0 Å². The van der Waals surface area contributed by atoms with E-state index >= 15 is 0 Å². The highest BCUT2D eigenvalue weighted by Gasteiger charge is 2.52. The van der Waals surface area contributed by atoms with E-state index in [9.17, 15) is 48.2 Å². The van der Waals surface area contributed by atoms with E-state index in [1.807, 2.05) is 0 Å². The van der Waals surface area contributed by atoms with E-state index in [0.717, 1.165) is 128 Å². The third kappa shape index (κ3) is 67.6. The Bertz CT molecular complexity index is 2280. The maximum Gasteiger partial charge on any atom is 0.470 e. The predicted octanol–water partition coefficient (Wildman–Crippen LogP) is 25.3. The van der Waals surface area contributed by atoms with E-state index in [-0.39, 0.29) is 50.7 Å². The molecule has 0 aromatic carbocycles. The summed E-state index contributed by atoms with van der Waals surface area (Å²) in [6.07, 6.45) is 60.3. The lowest BCUT2D eigenvalue weighted by Crippen LogP contribution is -2.66. The van der Waals surface area contributed by atoms with Crippen LogP contribution in [-0.2, 0) is 66.3 Å². The third-order valence-electron chi connectivity index (χ3n) is 22.8. The lowest BCUT2D eigenvalue weighted by molar-refractivity contribution is -0.271. The molecule has 0 spiro atoms. The molecule has 1 fully saturated rings. The SMILES string of the molecule is CCCCCCCCCCCCCC(=O)O[C@H](CCCCCCCCCCC)CC(=O)NCCCCO[C@@H]1OC(CO)[C@H](OP(=O)(O)O)C(OC(=O)C[C@@H](CCCCCCCCCCC)OC(=O)CCCCCCCCCCCCC)[C@@H]1NC(=O)C[C@@H](CCCCCCCCCCC)OC(=O)CCCCCCCCCCCCC. The number of carbonyl (C=O) groups is 6. The van der Waals surface area contributed by atoms with Crippen molar-refractivity contribution in [2.75, 3.05) is 19.8 Å². The van der Waals surface area contributed by atoms with E-state index in [1.54, 1.807) is 0 Å². The number of phosphoric acid groups is 1. The van der Waals surface area contributed by atoms with Crippen LogP contribution in [0.4, 0.5) is 0 Å². The van der Waals surface area contributed by atoms with Gasteiger partial charge in [-0.25, -0.2) is 4.57 Å². The number of unbranched alkanes of at least 4 members (excludes halogenated alkanes) is 55. The van der Waals surface area contributed by atoms with Crippen LogP contribution in [0.3, 0.4) is 0 Å². The Morgan fingerprint density at radius 3 is 0.921 bits per heavy atom. The summed E-state index contributed by atoms with van der Waals surface area (Å²) < 4.78 is 55.8. The van der Waals surface area contributed by atoms with Gasteiger partial charge in [0.05, 0.1) is 25.9 Å². The minimum Gasteiger partial charge on any atom is -0.462 e. The smallest absolute Gasteiger partial charge is 0.462 e. The predicted molar refractivity (Wildman–Crippen MR) is 465 cm³/mol. The first kappa shape index (κ1) is 109. The van der Waals surface area contributed by atoms with Crippen molar-refractivity contribution in [3.05, 3.63) is 0 Å². The normalized spacial score (nSPS) is 16.5. The maximum absolute atomic E-state index is 14.9. The van der Waals surface area contributed by atoms with Crippen molar-refractivity contribution < 1.29 is 81.2 Å². The maximum atomic E-state index is 14.9. The van der Waals surface area contributed by atoms with Gasteiger partial charge in [0.1, 0.15) is 36.6 Å². The van der Waals surface area contributed by atoms with Crippen LogP contribution in [0.5, 0.6) is 0 Å². The van der Waals surface area contributed by atoms with Gasteiger partial charge >= 0.3 is 31.7 Å². The van der Waals surface area contributed by atoms with Gasteiger partial charge in [-0.15, -0.1) is 0 Å². The van der Waals surface area contributed by atoms with Crippen molar-refractivity contribution in [2.24, 2.45) is 0 Å². The van der Waals surface area contributed by atoms with Gasteiger partial charge < -0.3 is 53.9 Å². The second-order valence-corrected chi connectivity index (χ2v) is 35.1. The topological polar surface area (TPSA) is 269 Å². The van der Waals surface area contributed by atoms with E-state index in [0.29, 0.717) is 64.2 Å². The zero-order valence-corrected chi connectivity index (χ0v) is 75.3. The van der Waals surface area contributed by atoms with Gasteiger partial charge in [-0.05, 0) is 70.6 Å². The summed E-state index contributed by atoms with van der Waals surface area (Å²) in [5.74, 6) is -2.87. The van der Waals surface area contributed by atoms with Gasteiger partial charge in [0.2, 0.25) is 11.8 Å². The first-order chi connectivity index (χ1) is 55.5. The molecule has 1 heterocycles. The second-order valence-electron chi connectivity index (χ2n) is 33.9. The molecule has 1 aliphatic rings. The monoisotopic (exact) mass is 1640 g/mol. The van der Waals surface area contributed by atoms with Crippen molar-refractivity contribution >= 4 is 43.5 Å². The molecule has 672 valence electrons. The summed E-state index contributed by atoms with van der Waals surface area (Å²) >= 11 is 0. The molecule has 0 radical (unpaired) electrons. The number of ether oxygens (including phenoxy) is 6. The molecule has 8 atom stereocenters. The first-order valence-electron chi connectivity index (χ1n) is 48.5. The number of phosphoric ester groups is 1. The fourth-order valence-corrected chi connectivity index (χ4v) is 16.3. The molecule has 1 aliphatic heterocycles. The number of hydrogen-bond acceptors (Lipinski definition) is 15. The van der Waals surface area contributed by atoms with Crippen LogP contribution in [-0.4, -0.2) is 119 Å². The highest BCUT2D eigenvalue weighted by atomic mass is 31.2. The van der Waals surface area contributed by atoms with Gasteiger partial charge in [0, 0.05) is 32.4 Å². The number of rotatable bonds is 86. The fraction of sp³-hybridized carbons (Fsp3) is 0.936. The van der Waals surface area contributed by atoms with Crippen LogP contribution in [0, 0.1) is 0 Å². The number of aliphatic hydroxyl groups excluding tert-OH is 1. The molecule has 2 amide bonds. The zero-order valence-electron chi connectivity index (χ0n) is 74.4. The molecular weight excluding hydrogens is 1460 g/mol. The molecule has 0 bridgehead atoms. The van der Waals surface area contributed by atoms with Crippen LogP contribution >= 0.6 is 7.82 Å². The average molecular weight is 1640 g/mol. The van der Waals surface area contributed by atoms with Crippen LogP contribution in [0.1, 0.15) is 497 Å². The Hall–Kier alpha value is -3.19. The minimum absolute atomic E-state index is 0.0375. The largest absolute Gasteiger partial charge is 0.470 e. The highest BCUT2D eigenvalue weighted by molar-refractivity contribution is 7.46. The molecule has 2 unspecified atom stereocenters. The van der Waals surface area contributed by atoms with E-state index in [4.69, 9.17) is 32.9 Å². The highest BCUT2D eigenvalue weighted by Crippen LogP contribution is 2.43. The molecule has 20 heteroatoms. The number of hydrogen-bond donors (Lipinski definition) is 5. The number of aliphatic hydroxyl groups is 1. The summed E-state index contributed by atoms with van der Waals surface area (Å²) in [6.45, 7) is 12.7. The Morgan fingerprint density at radius 1 is 0.342 bits per heavy atom. The van der Waals surface area contributed by atoms with Gasteiger partial charge in [-0.2, -0.15) is 0 Å². The van der Waals surface area contributed by atoms with Crippen molar-refractivity contribution in [3.8, 4) is 0 Å². The second kappa shape index (κ2) is 79.6. The summed E-state index contributed by atoms with van der Waals surface area (Å²) in [5, 5.41) is 16.9. The number of esters is 4. The first-order valence-corrected chi connectivity index (χ1v) is 50.0. The summed E-state index contributed by atoms with van der Waals surface area (Å²) in [7, 11) is -5.45. The third-order valence-corrected chi connectivity index (χ3v) is 23.3. The minimum atomic E-state index is -5.45. The van der Waals surface area contributed by atoms with Crippen molar-refractivity contribution in [3.63, 3.8) is 0 Å². The van der Waals surface area contributed by atoms with Crippen LogP contribution < -0.4 is 10.6 Å². The Kier molecular flexibility index (Phi) is 76.0. The molecular formula is C94H179N2O17P. The number of amides is 2. The Labute approximate surface area is 697 Å². The van der Waals surface area contributed by atoms with Crippen LogP contribution in [0.15, 0.2) is 0 Å². The Balaban J connectivity index is 3.60. The van der Waals surface area contributed by atoms with Gasteiger partial charge in [0.15, 0.2) is 12.4 Å². The summed E-state index contributed by atoms with van der Waals surface area (Å²) in [6, 6.07) is -1.51. The quantitative estimate of drug-likeness (QED) is 0.0164. The van der Waals surface area contributed by atoms with Gasteiger partial charge in [0.25, 0.3) is 0 Å². The molecule has 0 aliphatic carbocycles. The van der Waals surface area contributed by atoms with Crippen molar-refractivity contribution in [2.45, 2.75) is 546 Å². The van der Waals surface area contributed by atoms with E-state index in [1.165, 1.54) is 231 Å². The molecule has 114 heavy (non-hydrogen) atoms. The number of carbonyl (C=O) groups excluding carboxylic acids is 6. The van der Waals surface area contributed by atoms with E-state index in [2.05, 4.69) is 52.2 Å². The molecule has 5 N–H and O–H groups in total. The lowest BCUT2D eigenvalue weighted by atomic mass is 9.96. The fourth-order valence-electron chi connectivity index (χ4n) is 15.7. The summed E-state index contributed by atoms with van der Waals surface area (Å²) in [4.78, 5) is 105. The average Bonchev–Trinajstić information content (AvgIpc) is 0.780.